The lowest BCUT2D eigenvalue weighted by Crippen LogP contribution is -2.41. The monoisotopic (exact) mass is 441 g/mol. The standard InChI is InChI=1S/C25H31NO4S/c1-26(22-5-3-2-4-6-22)25(28)23-13-21(20-11-12-31-17-20)14-24(30-23)29-16-19-9-7-18(15-27)8-10-19/h7-13,17,21-22,24,27H,2-6,14-16H2,1H3. The van der Waals surface area contributed by atoms with Crippen LogP contribution in [0.1, 0.15) is 61.1 Å². The van der Waals surface area contributed by atoms with E-state index < -0.39 is 6.29 Å². The molecule has 1 amide bonds. The molecule has 1 aromatic heterocycles. The predicted molar refractivity (Wildman–Crippen MR) is 121 cm³/mol. The summed E-state index contributed by atoms with van der Waals surface area (Å²) in [5, 5.41) is 13.4. The quantitative estimate of drug-likeness (QED) is 0.660. The van der Waals surface area contributed by atoms with Gasteiger partial charge in [0.15, 0.2) is 5.76 Å². The van der Waals surface area contributed by atoms with Gasteiger partial charge in [-0.15, -0.1) is 0 Å². The average Bonchev–Trinajstić information content (AvgIpc) is 3.38. The van der Waals surface area contributed by atoms with E-state index in [-0.39, 0.29) is 24.5 Å². The highest BCUT2D eigenvalue weighted by molar-refractivity contribution is 7.08. The smallest absolute Gasteiger partial charge is 0.288 e. The fourth-order valence-corrected chi connectivity index (χ4v) is 5.09. The summed E-state index contributed by atoms with van der Waals surface area (Å²) in [6.45, 7) is 0.423. The number of allylic oxidation sites excluding steroid dienone is 1. The summed E-state index contributed by atoms with van der Waals surface area (Å²) >= 11 is 1.66. The van der Waals surface area contributed by atoms with Crippen molar-refractivity contribution in [3.63, 3.8) is 0 Å². The third-order valence-electron chi connectivity index (χ3n) is 6.32. The molecule has 2 aliphatic rings. The van der Waals surface area contributed by atoms with Gasteiger partial charge in [0, 0.05) is 25.4 Å². The topological polar surface area (TPSA) is 59.0 Å². The van der Waals surface area contributed by atoms with Crippen LogP contribution in [-0.4, -0.2) is 35.3 Å². The maximum Gasteiger partial charge on any atom is 0.288 e. The number of hydrogen-bond acceptors (Lipinski definition) is 5. The van der Waals surface area contributed by atoms with E-state index in [1.807, 2.05) is 42.3 Å². The fourth-order valence-electron chi connectivity index (χ4n) is 4.37. The molecular formula is C25H31NO4S. The largest absolute Gasteiger partial charge is 0.459 e. The summed E-state index contributed by atoms with van der Waals surface area (Å²) in [5.74, 6) is 0.448. The number of likely N-dealkylation sites (N-methyl/N-ethyl adjacent to an activating group) is 1. The highest BCUT2D eigenvalue weighted by Crippen LogP contribution is 2.34. The third kappa shape index (κ3) is 5.56. The molecular weight excluding hydrogens is 410 g/mol. The lowest BCUT2D eigenvalue weighted by Gasteiger charge is -2.34. The molecule has 0 saturated heterocycles. The molecule has 1 fully saturated rings. The maximum absolute atomic E-state index is 13.3. The van der Waals surface area contributed by atoms with Gasteiger partial charge in [0.1, 0.15) is 0 Å². The number of aliphatic hydroxyl groups is 1. The number of aliphatic hydroxyl groups excluding tert-OH is 1. The first-order valence-corrected chi connectivity index (χ1v) is 12.1. The van der Waals surface area contributed by atoms with Crippen LogP contribution < -0.4 is 0 Å². The minimum atomic E-state index is -0.480. The third-order valence-corrected chi connectivity index (χ3v) is 7.03. The predicted octanol–water partition coefficient (Wildman–Crippen LogP) is 4.96. The SMILES string of the molecule is CN(C(=O)C1=CC(c2ccsc2)CC(OCc2ccc(CO)cc2)O1)C1CCCCC1. The van der Waals surface area contributed by atoms with E-state index in [4.69, 9.17) is 9.47 Å². The van der Waals surface area contributed by atoms with Crippen molar-refractivity contribution in [2.24, 2.45) is 0 Å². The molecule has 6 heteroatoms. The first-order valence-electron chi connectivity index (χ1n) is 11.1. The summed E-state index contributed by atoms with van der Waals surface area (Å²) in [4.78, 5) is 15.1. The number of amides is 1. The van der Waals surface area contributed by atoms with Crippen LogP contribution in [0.5, 0.6) is 0 Å². The van der Waals surface area contributed by atoms with Crippen molar-refractivity contribution >= 4 is 17.2 Å². The van der Waals surface area contributed by atoms with Gasteiger partial charge in [0.2, 0.25) is 6.29 Å². The van der Waals surface area contributed by atoms with Crippen LogP contribution in [0.15, 0.2) is 52.9 Å². The number of thiophene rings is 1. The first-order chi connectivity index (χ1) is 15.1. The number of benzene rings is 1. The molecule has 1 aromatic carbocycles. The molecule has 2 aromatic rings. The molecule has 2 unspecified atom stereocenters. The lowest BCUT2D eigenvalue weighted by molar-refractivity contribution is -0.156. The van der Waals surface area contributed by atoms with Crippen molar-refractivity contribution in [1.29, 1.82) is 0 Å². The highest BCUT2D eigenvalue weighted by atomic mass is 32.1. The second-order valence-electron chi connectivity index (χ2n) is 8.47. The van der Waals surface area contributed by atoms with Gasteiger partial charge >= 0.3 is 0 Å². The van der Waals surface area contributed by atoms with Crippen LogP contribution >= 0.6 is 11.3 Å². The van der Waals surface area contributed by atoms with Gasteiger partial charge in [-0.05, 0) is 52.4 Å². The summed E-state index contributed by atoms with van der Waals surface area (Å²) in [6, 6.07) is 10.1. The Morgan fingerprint density at radius 1 is 1.16 bits per heavy atom. The van der Waals surface area contributed by atoms with Crippen LogP contribution in [-0.2, 0) is 27.5 Å². The summed E-state index contributed by atoms with van der Waals surface area (Å²) < 4.78 is 12.1. The van der Waals surface area contributed by atoms with E-state index >= 15 is 0 Å². The second-order valence-corrected chi connectivity index (χ2v) is 9.25. The van der Waals surface area contributed by atoms with Gasteiger partial charge in [-0.2, -0.15) is 11.3 Å². The average molecular weight is 442 g/mol. The Hall–Kier alpha value is -2.15. The van der Waals surface area contributed by atoms with Crippen LogP contribution in [0.25, 0.3) is 0 Å². The molecule has 1 N–H and O–H groups in total. The number of hydrogen-bond donors (Lipinski definition) is 1. The molecule has 2 heterocycles. The number of nitrogens with zero attached hydrogens (tertiary/aromatic N) is 1. The first kappa shape index (κ1) is 22.1. The molecule has 1 aliphatic heterocycles. The van der Waals surface area contributed by atoms with E-state index in [1.54, 1.807) is 11.3 Å². The van der Waals surface area contributed by atoms with Gasteiger partial charge in [0.25, 0.3) is 5.91 Å². The normalized spacial score (nSPS) is 21.9. The Bertz CT molecular complexity index is 871. The number of carbonyl (C=O) groups excluding carboxylic acids is 1. The van der Waals surface area contributed by atoms with Crippen molar-refractivity contribution in [2.45, 2.75) is 70.0 Å². The Kier molecular flexibility index (Phi) is 7.43. The molecule has 31 heavy (non-hydrogen) atoms. The molecule has 5 nitrogen and oxygen atoms in total. The molecule has 2 atom stereocenters. The van der Waals surface area contributed by atoms with E-state index in [9.17, 15) is 9.90 Å². The molecule has 0 bridgehead atoms. The Labute approximate surface area is 188 Å². The second kappa shape index (κ2) is 10.4. The zero-order valence-electron chi connectivity index (χ0n) is 18.0. The molecule has 4 rings (SSSR count). The Morgan fingerprint density at radius 3 is 2.58 bits per heavy atom. The van der Waals surface area contributed by atoms with Crippen molar-refractivity contribution < 1.29 is 19.4 Å². The van der Waals surface area contributed by atoms with Crippen molar-refractivity contribution in [1.82, 2.24) is 4.90 Å². The zero-order chi connectivity index (χ0) is 21.6. The summed E-state index contributed by atoms with van der Waals surface area (Å²) in [5.41, 5.74) is 3.08. The Morgan fingerprint density at radius 2 is 1.90 bits per heavy atom. The molecule has 166 valence electrons. The minimum Gasteiger partial charge on any atom is -0.459 e. The fraction of sp³-hybridized carbons (Fsp3) is 0.480. The van der Waals surface area contributed by atoms with E-state index in [2.05, 4.69) is 16.8 Å². The van der Waals surface area contributed by atoms with E-state index in [0.29, 0.717) is 18.8 Å². The zero-order valence-corrected chi connectivity index (χ0v) is 18.9. The molecule has 1 aliphatic carbocycles. The molecule has 0 radical (unpaired) electrons. The Balaban J connectivity index is 1.46. The highest BCUT2D eigenvalue weighted by Gasteiger charge is 2.32. The van der Waals surface area contributed by atoms with E-state index in [0.717, 1.165) is 24.0 Å². The van der Waals surface area contributed by atoms with Gasteiger partial charge in [-0.1, -0.05) is 43.5 Å². The van der Waals surface area contributed by atoms with Gasteiger partial charge in [-0.3, -0.25) is 4.79 Å². The van der Waals surface area contributed by atoms with Gasteiger partial charge < -0.3 is 19.5 Å². The number of ether oxygens (including phenoxy) is 2. The minimum absolute atomic E-state index is 0.0278. The molecule has 0 spiro atoms. The maximum atomic E-state index is 13.3. The van der Waals surface area contributed by atoms with Gasteiger partial charge in [0.05, 0.1) is 13.2 Å². The number of carbonyl (C=O) groups is 1. The summed E-state index contributed by atoms with van der Waals surface area (Å²) in [7, 11) is 1.90. The number of rotatable bonds is 7. The van der Waals surface area contributed by atoms with Crippen LogP contribution in [0, 0.1) is 0 Å². The van der Waals surface area contributed by atoms with Crippen LogP contribution in [0.2, 0.25) is 0 Å². The summed E-state index contributed by atoms with van der Waals surface area (Å²) in [6.07, 6.45) is 7.91. The van der Waals surface area contributed by atoms with Gasteiger partial charge in [-0.25, -0.2) is 0 Å². The molecule has 1 saturated carbocycles. The van der Waals surface area contributed by atoms with Crippen LogP contribution in [0.3, 0.4) is 0 Å². The van der Waals surface area contributed by atoms with E-state index in [1.165, 1.54) is 24.8 Å². The lowest BCUT2D eigenvalue weighted by atomic mass is 9.93. The van der Waals surface area contributed by atoms with Crippen molar-refractivity contribution in [2.75, 3.05) is 7.05 Å². The van der Waals surface area contributed by atoms with Crippen molar-refractivity contribution in [3.8, 4) is 0 Å². The van der Waals surface area contributed by atoms with Crippen molar-refractivity contribution in [3.05, 3.63) is 69.6 Å². The van der Waals surface area contributed by atoms with Crippen LogP contribution in [0.4, 0.5) is 0 Å².